The van der Waals surface area contributed by atoms with Gasteiger partial charge in [0, 0.05) is 29.6 Å². The molecule has 4 rings (SSSR count). The van der Waals surface area contributed by atoms with E-state index in [1.165, 1.54) is 48.7 Å². The van der Waals surface area contributed by atoms with Crippen molar-refractivity contribution in [2.45, 2.75) is 70.9 Å². The molecular weight excluding hydrogens is 354 g/mol. The highest BCUT2D eigenvalue weighted by Gasteiger charge is 2.48. The quantitative estimate of drug-likeness (QED) is 0.543. The maximum atomic E-state index is 13.1. The van der Waals surface area contributed by atoms with Gasteiger partial charge in [-0.25, -0.2) is 0 Å². The molecule has 4 nitrogen and oxygen atoms in total. The van der Waals surface area contributed by atoms with E-state index in [-0.39, 0.29) is 18.0 Å². The van der Waals surface area contributed by atoms with Crippen LogP contribution in [0.2, 0.25) is 0 Å². The molecule has 0 unspecified atom stereocenters. The van der Waals surface area contributed by atoms with Crippen LogP contribution in [0, 0.1) is 0 Å². The van der Waals surface area contributed by atoms with Gasteiger partial charge >= 0.3 is 0 Å². The van der Waals surface area contributed by atoms with Crippen molar-refractivity contribution in [3.8, 4) is 0 Å². The SMILES string of the molecule is CCCCCCCCN1C(=O)[C@H]2Cc3c([nH]c4ccccc34)[C@H](C)N2C1=S. The molecule has 2 aliphatic rings. The number of unbranched alkanes of at least 4 members (excludes halogenated alkanes) is 5. The van der Waals surface area contributed by atoms with Gasteiger partial charge in [0.15, 0.2) is 5.11 Å². The molecule has 1 aromatic heterocycles. The molecule has 0 aliphatic carbocycles. The number of carbonyl (C=O) groups excluding carboxylic acids is 1. The second-order valence-electron chi connectivity index (χ2n) is 7.91. The van der Waals surface area contributed by atoms with E-state index in [0.717, 1.165) is 30.0 Å². The average Bonchev–Trinajstić information content (AvgIpc) is 3.16. The number of amides is 1. The van der Waals surface area contributed by atoms with Gasteiger partial charge in [-0.15, -0.1) is 0 Å². The van der Waals surface area contributed by atoms with Crippen LogP contribution in [0.5, 0.6) is 0 Å². The molecule has 5 heteroatoms. The van der Waals surface area contributed by atoms with Crippen molar-refractivity contribution in [2.75, 3.05) is 6.54 Å². The molecule has 0 spiro atoms. The molecular formula is C22H29N3OS. The molecule has 1 fully saturated rings. The van der Waals surface area contributed by atoms with Gasteiger partial charge in [0.25, 0.3) is 5.91 Å². The van der Waals surface area contributed by atoms with Crippen LogP contribution in [0.25, 0.3) is 10.9 Å². The Morgan fingerprint density at radius 2 is 1.89 bits per heavy atom. The van der Waals surface area contributed by atoms with E-state index in [1.54, 1.807) is 0 Å². The fourth-order valence-electron chi connectivity index (χ4n) is 4.67. The highest BCUT2D eigenvalue weighted by atomic mass is 32.1. The molecule has 144 valence electrons. The summed E-state index contributed by atoms with van der Waals surface area (Å²) in [7, 11) is 0. The molecule has 1 amide bonds. The summed E-state index contributed by atoms with van der Waals surface area (Å²) in [6.45, 7) is 5.16. The van der Waals surface area contributed by atoms with E-state index < -0.39 is 0 Å². The Morgan fingerprint density at radius 3 is 2.70 bits per heavy atom. The number of nitrogens with one attached hydrogen (secondary N) is 1. The first-order chi connectivity index (χ1) is 13.1. The number of rotatable bonds is 7. The normalized spacial score (nSPS) is 21.9. The average molecular weight is 384 g/mol. The van der Waals surface area contributed by atoms with Gasteiger partial charge in [-0.3, -0.25) is 9.69 Å². The summed E-state index contributed by atoms with van der Waals surface area (Å²) in [5.74, 6) is 0.191. The number of hydrogen-bond acceptors (Lipinski definition) is 2. The van der Waals surface area contributed by atoms with E-state index in [2.05, 4.69) is 41.9 Å². The smallest absolute Gasteiger partial charge is 0.251 e. The van der Waals surface area contributed by atoms with Crippen LogP contribution < -0.4 is 0 Å². The second kappa shape index (κ2) is 7.63. The molecule has 27 heavy (non-hydrogen) atoms. The largest absolute Gasteiger partial charge is 0.356 e. The van der Waals surface area contributed by atoms with Crippen LogP contribution in [0.3, 0.4) is 0 Å². The van der Waals surface area contributed by atoms with E-state index in [9.17, 15) is 4.79 Å². The lowest BCUT2D eigenvalue weighted by Gasteiger charge is -2.35. The molecule has 1 N–H and O–H groups in total. The first-order valence-electron chi connectivity index (χ1n) is 10.4. The molecule has 0 saturated carbocycles. The van der Waals surface area contributed by atoms with E-state index in [1.807, 2.05) is 11.0 Å². The Bertz CT molecular complexity index is 858. The lowest BCUT2D eigenvalue weighted by atomic mass is 9.93. The third kappa shape index (κ3) is 3.16. The van der Waals surface area contributed by atoms with Crippen LogP contribution in [-0.4, -0.2) is 38.4 Å². The zero-order chi connectivity index (χ0) is 19.0. The third-order valence-corrected chi connectivity index (χ3v) is 6.58. The number of fused-ring (bicyclic) bond motifs is 4. The fourth-order valence-corrected chi connectivity index (χ4v) is 5.14. The van der Waals surface area contributed by atoms with E-state index in [4.69, 9.17) is 12.2 Å². The number of nitrogens with zero attached hydrogens (tertiary/aromatic N) is 2. The fraction of sp³-hybridized carbons (Fsp3) is 0.545. The maximum Gasteiger partial charge on any atom is 0.251 e. The number of carbonyl (C=O) groups is 1. The number of aromatic nitrogens is 1. The van der Waals surface area contributed by atoms with E-state index >= 15 is 0 Å². The number of hydrogen-bond donors (Lipinski definition) is 1. The van der Waals surface area contributed by atoms with Gasteiger partial charge in [0.1, 0.15) is 6.04 Å². The van der Waals surface area contributed by atoms with Crippen LogP contribution in [0.1, 0.15) is 69.7 Å². The maximum absolute atomic E-state index is 13.1. The van der Waals surface area contributed by atoms with Crippen LogP contribution in [-0.2, 0) is 11.2 Å². The third-order valence-electron chi connectivity index (χ3n) is 6.15. The number of H-pyrrole nitrogens is 1. The molecule has 2 atom stereocenters. The Labute approximate surface area is 166 Å². The van der Waals surface area contributed by atoms with Crippen molar-refractivity contribution < 1.29 is 4.79 Å². The van der Waals surface area contributed by atoms with Gasteiger partial charge in [0.05, 0.1) is 6.04 Å². The van der Waals surface area contributed by atoms with Crippen molar-refractivity contribution in [2.24, 2.45) is 0 Å². The number of thiocarbonyl (C=S) groups is 1. The van der Waals surface area contributed by atoms with Crippen LogP contribution in [0.15, 0.2) is 24.3 Å². The van der Waals surface area contributed by atoms with Crippen LogP contribution in [0.4, 0.5) is 0 Å². The second-order valence-corrected chi connectivity index (χ2v) is 8.27. The molecule has 0 bridgehead atoms. The molecule has 2 aliphatic heterocycles. The standard InChI is InChI=1S/C22H29N3OS/c1-3-4-5-6-7-10-13-24-21(26)19-14-17-16-11-8-9-12-18(16)23-20(17)15(2)25(19)22(24)27/h8-9,11-12,15,19,23H,3-7,10,13-14H2,1-2H3/t15-,19+/m0/s1. The highest BCUT2D eigenvalue weighted by Crippen LogP contribution is 2.40. The Morgan fingerprint density at radius 1 is 1.15 bits per heavy atom. The summed E-state index contributed by atoms with van der Waals surface area (Å²) in [6, 6.07) is 8.35. The summed E-state index contributed by atoms with van der Waals surface area (Å²) in [6.07, 6.45) is 8.08. The zero-order valence-corrected chi connectivity index (χ0v) is 17.1. The summed E-state index contributed by atoms with van der Waals surface area (Å²) in [5, 5.41) is 1.96. The van der Waals surface area contributed by atoms with Gasteiger partial charge in [-0.05, 0) is 37.2 Å². The highest BCUT2D eigenvalue weighted by molar-refractivity contribution is 7.80. The van der Waals surface area contributed by atoms with Crippen molar-refractivity contribution in [3.63, 3.8) is 0 Å². The van der Waals surface area contributed by atoms with Crippen molar-refractivity contribution in [1.82, 2.24) is 14.8 Å². The molecule has 3 heterocycles. The minimum Gasteiger partial charge on any atom is -0.356 e. The predicted octanol–water partition coefficient (Wildman–Crippen LogP) is 4.94. The summed E-state index contributed by atoms with van der Waals surface area (Å²) in [5.41, 5.74) is 3.65. The molecule has 1 aromatic carbocycles. The lowest BCUT2D eigenvalue weighted by Crippen LogP contribution is -2.42. The van der Waals surface area contributed by atoms with Gasteiger partial charge in [-0.2, -0.15) is 0 Å². The summed E-state index contributed by atoms with van der Waals surface area (Å²) in [4.78, 5) is 20.7. The monoisotopic (exact) mass is 383 g/mol. The zero-order valence-electron chi connectivity index (χ0n) is 16.3. The molecule has 1 saturated heterocycles. The first kappa shape index (κ1) is 18.5. The minimum atomic E-state index is -0.140. The number of aromatic amines is 1. The topological polar surface area (TPSA) is 39.3 Å². The Hall–Kier alpha value is -1.88. The summed E-state index contributed by atoms with van der Waals surface area (Å²) >= 11 is 5.74. The lowest BCUT2D eigenvalue weighted by molar-refractivity contribution is -0.128. The number of para-hydroxylation sites is 1. The van der Waals surface area contributed by atoms with Crippen LogP contribution >= 0.6 is 12.2 Å². The van der Waals surface area contributed by atoms with Gasteiger partial charge in [-0.1, -0.05) is 57.2 Å². The minimum absolute atomic E-state index is 0.108. The van der Waals surface area contributed by atoms with Crippen molar-refractivity contribution in [3.05, 3.63) is 35.5 Å². The Balaban J connectivity index is 1.49. The van der Waals surface area contributed by atoms with Gasteiger partial charge < -0.3 is 9.88 Å². The summed E-state index contributed by atoms with van der Waals surface area (Å²) < 4.78 is 0. The Kier molecular flexibility index (Phi) is 5.22. The predicted molar refractivity (Wildman–Crippen MR) is 114 cm³/mol. The molecule has 0 radical (unpaired) electrons. The van der Waals surface area contributed by atoms with E-state index in [0.29, 0.717) is 0 Å². The first-order valence-corrected chi connectivity index (χ1v) is 10.8. The van der Waals surface area contributed by atoms with Crippen molar-refractivity contribution in [1.29, 1.82) is 0 Å². The van der Waals surface area contributed by atoms with Gasteiger partial charge in [0.2, 0.25) is 0 Å². The van der Waals surface area contributed by atoms with Crippen molar-refractivity contribution >= 4 is 34.1 Å². The molecule has 2 aromatic rings. The number of benzene rings is 1.